The fourth-order valence-corrected chi connectivity index (χ4v) is 2.45. The number of aliphatic hydroxyl groups excluding tert-OH is 1. The van der Waals surface area contributed by atoms with Gasteiger partial charge in [0.05, 0.1) is 17.7 Å². The minimum Gasteiger partial charge on any atom is -0.391 e. The first-order chi connectivity index (χ1) is 8.99. The monoisotopic (exact) mass is 265 g/mol. The second kappa shape index (κ2) is 5.44. The van der Waals surface area contributed by atoms with Crippen molar-refractivity contribution in [1.29, 1.82) is 0 Å². The lowest BCUT2D eigenvalue weighted by atomic mass is 9.92. The van der Waals surface area contributed by atoms with Crippen molar-refractivity contribution < 1.29 is 14.7 Å². The highest BCUT2D eigenvalue weighted by Gasteiger charge is 2.25. The molecule has 2 atom stereocenters. The van der Waals surface area contributed by atoms with Gasteiger partial charge >= 0.3 is 0 Å². The Morgan fingerprint density at radius 3 is 2.68 bits per heavy atom. The molecule has 1 heterocycles. The molecule has 4 N–H and O–H groups in total. The Morgan fingerprint density at radius 2 is 2.11 bits per heavy atom. The van der Waals surface area contributed by atoms with Gasteiger partial charge in [-0.25, -0.2) is 0 Å². The number of hydrogen-bond acceptors (Lipinski definition) is 3. The fourth-order valence-electron chi connectivity index (χ4n) is 2.45. The number of aliphatic hydroxyl groups is 1. The molecular formula is C13H19N3O3. The molecule has 1 aromatic rings. The zero-order valence-electron chi connectivity index (χ0n) is 10.9. The molecule has 2 rings (SSSR count). The van der Waals surface area contributed by atoms with Crippen LogP contribution in [0.1, 0.15) is 46.5 Å². The first kappa shape index (κ1) is 13.6. The number of rotatable bonds is 3. The van der Waals surface area contributed by atoms with E-state index in [2.05, 4.69) is 5.32 Å². The van der Waals surface area contributed by atoms with E-state index < -0.39 is 12.0 Å². The molecule has 1 aliphatic carbocycles. The molecule has 1 aliphatic rings. The van der Waals surface area contributed by atoms with Crippen LogP contribution in [0.2, 0.25) is 0 Å². The normalized spacial score (nSPS) is 23.1. The van der Waals surface area contributed by atoms with Gasteiger partial charge < -0.3 is 20.7 Å². The first-order valence-corrected chi connectivity index (χ1v) is 6.44. The topological polar surface area (TPSA) is 97.4 Å². The smallest absolute Gasteiger partial charge is 0.268 e. The maximum Gasteiger partial charge on any atom is 0.268 e. The van der Waals surface area contributed by atoms with Crippen LogP contribution in [-0.4, -0.2) is 33.6 Å². The highest BCUT2D eigenvalue weighted by molar-refractivity contribution is 5.98. The van der Waals surface area contributed by atoms with Crippen LogP contribution < -0.4 is 11.1 Å². The molecule has 0 spiro atoms. The molecule has 1 fully saturated rings. The summed E-state index contributed by atoms with van der Waals surface area (Å²) in [6.45, 7) is 0. The van der Waals surface area contributed by atoms with Crippen molar-refractivity contribution in [2.75, 3.05) is 0 Å². The Bertz CT molecular complexity index is 495. The summed E-state index contributed by atoms with van der Waals surface area (Å²) >= 11 is 0. The van der Waals surface area contributed by atoms with Crippen molar-refractivity contribution in [3.8, 4) is 0 Å². The minimum absolute atomic E-state index is 0.215. The largest absolute Gasteiger partial charge is 0.391 e. The van der Waals surface area contributed by atoms with Crippen LogP contribution >= 0.6 is 0 Å². The molecule has 104 valence electrons. The number of hydrogen-bond donors (Lipinski definition) is 3. The molecule has 1 saturated carbocycles. The maximum absolute atomic E-state index is 12.1. The highest BCUT2D eigenvalue weighted by atomic mass is 16.3. The predicted molar refractivity (Wildman–Crippen MR) is 69.7 cm³/mol. The quantitative estimate of drug-likeness (QED) is 0.726. The second-order valence-corrected chi connectivity index (χ2v) is 5.02. The Balaban J connectivity index is 2.09. The average Bonchev–Trinajstić information content (AvgIpc) is 2.74. The van der Waals surface area contributed by atoms with Crippen molar-refractivity contribution in [3.05, 3.63) is 23.5 Å². The van der Waals surface area contributed by atoms with E-state index in [-0.39, 0.29) is 11.9 Å². The third-order valence-corrected chi connectivity index (χ3v) is 3.57. The number of amides is 2. The molecule has 2 amide bonds. The fraction of sp³-hybridized carbons (Fsp3) is 0.538. The Kier molecular flexibility index (Phi) is 3.90. The molecule has 0 aliphatic heterocycles. The lowest BCUT2D eigenvalue weighted by Gasteiger charge is -2.28. The van der Waals surface area contributed by atoms with Crippen LogP contribution in [0.15, 0.2) is 12.3 Å². The Morgan fingerprint density at radius 1 is 1.42 bits per heavy atom. The van der Waals surface area contributed by atoms with Crippen LogP contribution in [0.25, 0.3) is 0 Å². The van der Waals surface area contributed by atoms with E-state index in [0.717, 1.165) is 19.3 Å². The summed E-state index contributed by atoms with van der Waals surface area (Å²) in [5.41, 5.74) is 5.85. The molecule has 0 radical (unpaired) electrons. The van der Waals surface area contributed by atoms with E-state index >= 15 is 0 Å². The molecular weight excluding hydrogens is 246 g/mol. The van der Waals surface area contributed by atoms with Gasteiger partial charge in [0.15, 0.2) is 0 Å². The number of aromatic nitrogens is 1. The molecule has 0 bridgehead atoms. The summed E-state index contributed by atoms with van der Waals surface area (Å²) in [4.78, 5) is 23.2. The standard InChI is InChI=1S/C13H19N3O3/c1-16-7-8(12(14)18)6-10(16)13(19)15-9-4-2-3-5-11(9)17/h6-7,9,11,17H,2-5H2,1H3,(H2,14,18)(H,15,19). The number of nitrogens with one attached hydrogen (secondary N) is 1. The average molecular weight is 265 g/mol. The SMILES string of the molecule is Cn1cc(C(N)=O)cc1C(=O)NC1CCCCC1O. The highest BCUT2D eigenvalue weighted by Crippen LogP contribution is 2.19. The number of nitrogens with two attached hydrogens (primary N) is 1. The summed E-state index contributed by atoms with van der Waals surface area (Å²) in [5.74, 6) is -0.853. The van der Waals surface area contributed by atoms with Crippen LogP contribution in [0, 0.1) is 0 Å². The van der Waals surface area contributed by atoms with E-state index in [9.17, 15) is 14.7 Å². The van der Waals surface area contributed by atoms with Crippen molar-refractivity contribution in [2.45, 2.75) is 37.8 Å². The lowest BCUT2D eigenvalue weighted by Crippen LogP contribution is -2.45. The second-order valence-electron chi connectivity index (χ2n) is 5.02. The van der Waals surface area contributed by atoms with Crippen LogP contribution in [0.4, 0.5) is 0 Å². The van der Waals surface area contributed by atoms with Crippen LogP contribution in [-0.2, 0) is 7.05 Å². The predicted octanol–water partition coefficient (Wildman–Crippen LogP) is 0.157. The number of primary amides is 1. The molecule has 2 unspecified atom stereocenters. The van der Waals surface area contributed by atoms with E-state index in [1.54, 1.807) is 11.6 Å². The van der Waals surface area contributed by atoms with E-state index in [1.807, 2.05) is 0 Å². The third-order valence-electron chi connectivity index (χ3n) is 3.57. The van der Waals surface area contributed by atoms with Gasteiger partial charge in [0.1, 0.15) is 5.69 Å². The molecule has 19 heavy (non-hydrogen) atoms. The summed E-state index contributed by atoms with van der Waals surface area (Å²) in [6, 6.07) is 1.25. The number of carbonyl (C=O) groups excluding carboxylic acids is 2. The van der Waals surface area contributed by atoms with Gasteiger partial charge in [-0.1, -0.05) is 12.8 Å². The Labute approximate surface area is 111 Å². The lowest BCUT2D eigenvalue weighted by molar-refractivity contribution is 0.0711. The summed E-state index contributed by atoms with van der Waals surface area (Å²) < 4.78 is 1.56. The zero-order valence-corrected chi connectivity index (χ0v) is 10.9. The summed E-state index contributed by atoms with van der Waals surface area (Å²) in [5, 5.41) is 12.6. The third kappa shape index (κ3) is 2.96. The van der Waals surface area contributed by atoms with Crippen molar-refractivity contribution in [2.24, 2.45) is 12.8 Å². The zero-order chi connectivity index (χ0) is 14.0. The van der Waals surface area contributed by atoms with Gasteiger partial charge in [-0.2, -0.15) is 0 Å². The minimum atomic E-state index is -0.563. The maximum atomic E-state index is 12.1. The van der Waals surface area contributed by atoms with Gasteiger partial charge in [0, 0.05) is 13.2 Å². The number of carbonyl (C=O) groups is 2. The van der Waals surface area contributed by atoms with Gasteiger partial charge in [-0.3, -0.25) is 9.59 Å². The molecule has 6 nitrogen and oxygen atoms in total. The summed E-state index contributed by atoms with van der Waals surface area (Å²) in [7, 11) is 1.68. The Hall–Kier alpha value is -1.82. The molecule has 0 aromatic carbocycles. The molecule has 6 heteroatoms. The van der Waals surface area contributed by atoms with E-state index in [1.165, 1.54) is 12.3 Å². The number of aryl methyl sites for hydroxylation is 1. The number of nitrogens with zero attached hydrogens (tertiary/aromatic N) is 1. The van der Waals surface area contributed by atoms with Crippen LogP contribution in [0.5, 0.6) is 0 Å². The van der Waals surface area contributed by atoms with E-state index in [4.69, 9.17) is 5.73 Å². The van der Waals surface area contributed by atoms with Crippen molar-refractivity contribution in [1.82, 2.24) is 9.88 Å². The van der Waals surface area contributed by atoms with Crippen molar-refractivity contribution in [3.63, 3.8) is 0 Å². The van der Waals surface area contributed by atoms with Gasteiger partial charge in [0.2, 0.25) is 5.91 Å². The molecule has 1 aromatic heterocycles. The van der Waals surface area contributed by atoms with Crippen LogP contribution in [0.3, 0.4) is 0 Å². The first-order valence-electron chi connectivity index (χ1n) is 6.44. The molecule has 0 saturated heterocycles. The van der Waals surface area contributed by atoms with E-state index in [0.29, 0.717) is 17.7 Å². The van der Waals surface area contributed by atoms with Gasteiger partial charge in [0.25, 0.3) is 5.91 Å². The van der Waals surface area contributed by atoms with Crippen molar-refractivity contribution >= 4 is 11.8 Å². The van der Waals surface area contributed by atoms with Gasteiger partial charge in [-0.05, 0) is 18.9 Å². The van der Waals surface area contributed by atoms with Gasteiger partial charge in [-0.15, -0.1) is 0 Å². The summed E-state index contributed by atoms with van der Waals surface area (Å²) in [6.07, 6.45) is 4.51.